The van der Waals surface area contributed by atoms with Crippen LogP contribution in [0.1, 0.15) is 17.4 Å². The third-order valence-corrected chi connectivity index (χ3v) is 2.69. The Morgan fingerprint density at radius 1 is 1.33 bits per heavy atom. The van der Waals surface area contributed by atoms with E-state index < -0.39 is 0 Å². The summed E-state index contributed by atoms with van der Waals surface area (Å²) >= 11 is 0. The summed E-state index contributed by atoms with van der Waals surface area (Å²) in [5, 5.41) is 7.64. The van der Waals surface area contributed by atoms with E-state index in [1.807, 2.05) is 25.2 Å². The largest absolute Gasteiger partial charge is 0.383 e. The number of methoxy groups -OCH3 is 1. The van der Waals surface area contributed by atoms with Crippen molar-refractivity contribution in [2.24, 2.45) is 7.05 Å². The summed E-state index contributed by atoms with van der Waals surface area (Å²) in [5.41, 5.74) is 1.20. The van der Waals surface area contributed by atoms with Crippen molar-refractivity contribution in [2.45, 2.75) is 12.6 Å². The maximum absolute atomic E-state index is 5.24. The summed E-state index contributed by atoms with van der Waals surface area (Å²) < 4.78 is 6.94. The highest BCUT2D eigenvalue weighted by atomic mass is 16.5. The average Bonchev–Trinajstić information content (AvgIpc) is 2.81. The molecule has 2 rings (SSSR count). The van der Waals surface area contributed by atoms with Gasteiger partial charge in [0.2, 0.25) is 0 Å². The number of rotatable bonds is 6. The fraction of sp³-hybridized carbons (Fsp3) is 0.385. The lowest BCUT2D eigenvalue weighted by atomic mass is 10.1. The second kappa shape index (κ2) is 6.28. The minimum absolute atomic E-state index is 0.153. The van der Waals surface area contributed by atoms with E-state index in [-0.39, 0.29) is 6.04 Å². The lowest BCUT2D eigenvalue weighted by Gasteiger charge is -2.17. The van der Waals surface area contributed by atoms with Gasteiger partial charge >= 0.3 is 0 Å². The van der Waals surface area contributed by atoms with E-state index in [2.05, 4.69) is 27.5 Å². The number of aryl methyl sites for hydroxylation is 1. The molecule has 1 N–H and O–H groups in total. The van der Waals surface area contributed by atoms with Gasteiger partial charge in [0.25, 0.3) is 0 Å². The first-order chi connectivity index (χ1) is 8.79. The first-order valence-corrected chi connectivity index (χ1v) is 5.91. The van der Waals surface area contributed by atoms with E-state index in [1.54, 1.807) is 18.1 Å². The number of hydrogen-bond donors (Lipinski definition) is 1. The van der Waals surface area contributed by atoms with Crippen LogP contribution < -0.4 is 5.32 Å². The Bertz CT molecular complexity index is 469. The van der Waals surface area contributed by atoms with Crippen LogP contribution in [0.25, 0.3) is 0 Å². The molecule has 0 radical (unpaired) electrons. The summed E-state index contributed by atoms with van der Waals surface area (Å²) in [6.07, 6.45) is 1.70. The van der Waals surface area contributed by atoms with Crippen LogP contribution in [0, 0.1) is 0 Å². The van der Waals surface area contributed by atoms with Crippen LogP contribution in [0.4, 0.5) is 0 Å². The van der Waals surface area contributed by atoms with Crippen LogP contribution in [0.2, 0.25) is 0 Å². The van der Waals surface area contributed by atoms with Gasteiger partial charge in [0, 0.05) is 14.2 Å². The van der Waals surface area contributed by atoms with Gasteiger partial charge in [0.15, 0.2) is 5.82 Å². The molecule has 0 aliphatic heterocycles. The molecular weight excluding hydrogens is 228 g/mol. The molecule has 1 heterocycles. The Labute approximate surface area is 107 Å². The first kappa shape index (κ1) is 12.7. The summed E-state index contributed by atoms with van der Waals surface area (Å²) in [4.78, 5) is 4.19. The van der Waals surface area contributed by atoms with E-state index >= 15 is 0 Å². The van der Waals surface area contributed by atoms with Crippen LogP contribution in [0.3, 0.4) is 0 Å². The van der Waals surface area contributed by atoms with Gasteiger partial charge in [-0.2, -0.15) is 5.10 Å². The molecule has 1 aromatic carbocycles. The van der Waals surface area contributed by atoms with Crippen molar-refractivity contribution in [3.05, 3.63) is 48.0 Å². The molecule has 1 aromatic heterocycles. The van der Waals surface area contributed by atoms with Gasteiger partial charge in [0.05, 0.1) is 19.2 Å². The number of benzene rings is 1. The smallest absolute Gasteiger partial charge is 0.164 e. The zero-order valence-corrected chi connectivity index (χ0v) is 10.7. The maximum atomic E-state index is 5.24. The highest BCUT2D eigenvalue weighted by molar-refractivity contribution is 5.19. The van der Waals surface area contributed by atoms with Crippen LogP contribution in [-0.2, 0) is 18.3 Å². The van der Waals surface area contributed by atoms with Crippen molar-refractivity contribution in [1.82, 2.24) is 20.1 Å². The molecule has 1 unspecified atom stereocenters. The maximum Gasteiger partial charge on any atom is 0.164 e. The highest BCUT2D eigenvalue weighted by Crippen LogP contribution is 2.13. The molecule has 0 aliphatic carbocycles. The first-order valence-electron chi connectivity index (χ1n) is 5.91. The fourth-order valence-electron chi connectivity index (χ4n) is 1.80. The van der Waals surface area contributed by atoms with Gasteiger partial charge < -0.3 is 10.1 Å². The van der Waals surface area contributed by atoms with Gasteiger partial charge in [-0.25, -0.2) is 4.98 Å². The van der Waals surface area contributed by atoms with Gasteiger partial charge in [-0.15, -0.1) is 0 Å². The van der Waals surface area contributed by atoms with E-state index in [1.165, 1.54) is 5.56 Å². The van der Waals surface area contributed by atoms with Crippen LogP contribution in [0.15, 0.2) is 36.7 Å². The number of ether oxygens (including phenoxy) is 1. The van der Waals surface area contributed by atoms with Gasteiger partial charge in [-0.1, -0.05) is 30.3 Å². The summed E-state index contributed by atoms with van der Waals surface area (Å²) in [6, 6.07) is 10.4. The van der Waals surface area contributed by atoms with Crippen LogP contribution in [-0.4, -0.2) is 28.5 Å². The Balaban J connectivity index is 1.98. The highest BCUT2D eigenvalue weighted by Gasteiger charge is 2.11. The van der Waals surface area contributed by atoms with Crippen molar-refractivity contribution >= 4 is 0 Å². The average molecular weight is 246 g/mol. The molecule has 0 saturated heterocycles. The van der Waals surface area contributed by atoms with E-state index in [0.717, 1.165) is 5.82 Å². The number of nitrogens with zero attached hydrogens (tertiary/aromatic N) is 3. The molecule has 0 aliphatic rings. The second-order valence-electron chi connectivity index (χ2n) is 4.13. The van der Waals surface area contributed by atoms with E-state index in [9.17, 15) is 0 Å². The standard InChI is InChI=1S/C13H18N4O/c1-17-10-15-13(16-17)8-14-12(9-18-2)11-6-4-3-5-7-11/h3-7,10,12,14H,8-9H2,1-2H3. The molecule has 5 heteroatoms. The summed E-state index contributed by atoms with van der Waals surface area (Å²) in [6.45, 7) is 1.25. The Kier molecular flexibility index (Phi) is 4.44. The quantitative estimate of drug-likeness (QED) is 0.834. The molecule has 5 nitrogen and oxygen atoms in total. The topological polar surface area (TPSA) is 52.0 Å². The summed E-state index contributed by atoms with van der Waals surface area (Å²) in [7, 11) is 3.57. The molecule has 0 bridgehead atoms. The monoisotopic (exact) mass is 246 g/mol. The van der Waals surface area contributed by atoms with Crippen molar-refractivity contribution in [3.63, 3.8) is 0 Å². The molecular formula is C13H18N4O. The van der Waals surface area contributed by atoms with E-state index in [0.29, 0.717) is 13.2 Å². The molecule has 0 fully saturated rings. The Morgan fingerprint density at radius 2 is 2.11 bits per heavy atom. The fourth-order valence-corrected chi connectivity index (χ4v) is 1.80. The Hall–Kier alpha value is -1.72. The molecule has 1 atom stereocenters. The third-order valence-electron chi connectivity index (χ3n) is 2.69. The third kappa shape index (κ3) is 3.38. The van der Waals surface area contributed by atoms with E-state index in [4.69, 9.17) is 4.74 Å². The van der Waals surface area contributed by atoms with Crippen LogP contribution >= 0.6 is 0 Å². The SMILES string of the molecule is COCC(NCc1ncn(C)n1)c1ccccc1. The van der Waals surface area contributed by atoms with Crippen molar-refractivity contribution in [2.75, 3.05) is 13.7 Å². The molecule has 0 amide bonds. The molecule has 0 spiro atoms. The minimum Gasteiger partial charge on any atom is -0.383 e. The predicted octanol–water partition coefficient (Wildman–Crippen LogP) is 1.29. The van der Waals surface area contributed by atoms with Crippen molar-refractivity contribution in [3.8, 4) is 0 Å². The molecule has 18 heavy (non-hydrogen) atoms. The van der Waals surface area contributed by atoms with Crippen LogP contribution in [0.5, 0.6) is 0 Å². The van der Waals surface area contributed by atoms with Crippen molar-refractivity contribution in [1.29, 1.82) is 0 Å². The summed E-state index contributed by atoms with van der Waals surface area (Å²) in [5.74, 6) is 0.787. The number of hydrogen-bond acceptors (Lipinski definition) is 4. The Morgan fingerprint density at radius 3 is 2.72 bits per heavy atom. The van der Waals surface area contributed by atoms with Gasteiger partial charge in [-0.3, -0.25) is 4.68 Å². The lowest BCUT2D eigenvalue weighted by molar-refractivity contribution is 0.166. The molecule has 96 valence electrons. The van der Waals surface area contributed by atoms with Gasteiger partial charge in [-0.05, 0) is 5.56 Å². The van der Waals surface area contributed by atoms with Crippen molar-refractivity contribution < 1.29 is 4.74 Å². The predicted molar refractivity (Wildman–Crippen MR) is 68.9 cm³/mol. The zero-order valence-electron chi connectivity index (χ0n) is 10.7. The number of aromatic nitrogens is 3. The zero-order chi connectivity index (χ0) is 12.8. The van der Waals surface area contributed by atoms with Gasteiger partial charge in [0.1, 0.15) is 6.33 Å². The molecule has 2 aromatic rings. The minimum atomic E-state index is 0.153. The number of nitrogens with one attached hydrogen (secondary N) is 1. The molecule has 0 saturated carbocycles. The lowest BCUT2D eigenvalue weighted by Crippen LogP contribution is -2.25. The second-order valence-corrected chi connectivity index (χ2v) is 4.13. The normalized spacial score (nSPS) is 12.6.